The number of hydrogen-bond acceptors (Lipinski definition) is 1. The molecule has 0 spiro atoms. The third-order valence-electron chi connectivity index (χ3n) is 2.82. The molecule has 1 fully saturated rings. The third kappa shape index (κ3) is 4.03. The summed E-state index contributed by atoms with van der Waals surface area (Å²) >= 11 is 0. The first-order chi connectivity index (χ1) is 6.14. The van der Waals surface area contributed by atoms with Gasteiger partial charge in [-0.25, -0.2) is 8.78 Å². The van der Waals surface area contributed by atoms with Crippen molar-refractivity contribution in [3.63, 3.8) is 0 Å². The Morgan fingerprint density at radius 1 is 1.15 bits per heavy atom. The van der Waals surface area contributed by atoms with Crippen LogP contribution >= 0.6 is 0 Å². The van der Waals surface area contributed by atoms with E-state index in [0.717, 1.165) is 25.7 Å². The van der Waals surface area contributed by atoms with Gasteiger partial charge >= 0.3 is 0 Å². The molecule has 2 N–H and O–H groups in total. The third-order valence-corrected chi connectivity index (χ3v) is 2.82. The van der Waals surface area contributed by atoms with Gasteiger partial charge in [-0.15, -0.1) is 0 Å². The summed E-state index contributed by atoms with van der Waals surface area (Å²) in [6.07, 6.45) is 5.36. The van der Waals surface area contributed by atoms with Gasteiger partial charge in [0.15, 0.2) is 0 Å². The molecule has 1 rings (SSSR count). The highest BCUT2D eigenvalue weighted by Gasteiger charge is 2.31. The fraction of sp³-hybridized carbons (Fsp3) is 1.00. The van der Waals surface area contributed by atoms with E-state index < -0.39 is 5.92 Å². The topological polar surface area (TPSA) is 26.0 Å². The van der Waals surface area contributed by atoms with E-state index in [1.165, 1.54) is 6.42 Å². The molecule has 0 aliphatic heterocycles. The Bertz CT molecular complexity index is 142. The molecule has 0 radical (unpaired) electrons. The Morgan fingerprint density at radius 3 is 2.31 bits per heavy atom. The van der Waals surface area contributed by atoms with Gasteiger partial charge in [-0.3, -0.25) is 0 Å². The van der Waals surface area contributed by atoms with Crippen LogP contribution in [0.25, 0.3) is 0 Å². The molecule has 1 aliphatic rings. The van der Waals surface area contributed by atoms with Gasteiger partial charge in [-0.2, -0.15) is 0 Å². The predicted octanol–water partition coefficient (Wildman–Crippen LogP) is 2.94. The van der Waals surface area contributed by atoms with Crippen LogP contribution in [0, 0.1) is 5.92 Å². The van der Waals surface area contributed by atoms with Crippen molar-refractivity contribution in [3.8, 4) is 0 Å². The molecule has 13 heavy (non-hydrogen) atoms. The highest BCUT2D eigenvalue weighted by atomic mass is 19.3. The molecule has 0 aromatic carbocycles. The zero-order chi connectivity index (χ0) is 9.73. The summed E-state index contributed by atoms with van der Waals surface area (Å²) in [5.74, 6) is -2.27. The average molecular weight is 191 g/mol. The summed E-state index contributed by atoms with van der Waals surface area (Å²) in [6.45, 7) is 0.0969. The minimum absolute atomic E-state index is 0.0597. The first-order valence-electron chi connectivity index (χ1n) is 5.22. The summed E-state index contributed by atoms with van der Waals surface area (Å²) in [5.41, 5.74) is 5.14. The zero-order valence-corrected chi connectivity index (χ0v) is 8.07. The molecule has 0 heterocycles. The molecule has 0 saturated heterocycles. The smallest absolute Gasteiger partial charge is 0.249 e. The van der Waals surface area contributed by atoms with Crippen molar-refractivity contribution < 1.29 is 8.78 Å². The number of rotatable bonds is 4. The van der Waals surface area contributed by atoms with Crippen LogP contribution in [0.4, 0.5) is 8.78 Å². The Kier molecular flexibility index (Phi) is 4.10. The lowest BCUT2D eigenvalue weighted by Crippen LogP contribution is -2.25. The van der Waals surface area contributed by atoms with Crippen LogP contribution < -0.4 is 5.73 Å². The summed E-state index contributed by atoms with van der Waals surface area (Å²) in [5, 5.41) is 0. The van der Waals surface area contributed by atoms with Crippen molar-refractivity contribution in [2.24, 2.45) is 11.7 Å². The summed E-state index contributed by atoms with van der Waals surface area (Å²) in [7, 11) is 0. The highest BCUT2D eigenvalue weighted by molar-refractivity contribution is 4.75. The summed E-state index contributed by atoms with van der Waals surface area (Å²) in [6, 6.07) is 0. The maximum absolute atomic E-state index is 13.1. The summed E-state index contributed by atoms with van der Waals surface area (Å²) < 4.78 is 26.3. The summed E-state index contributed by atoms with van der Waals surface area (Å²) in [4.78, 5) is 0. The number of alkyl halides is 2. The van der Waals surface area contributed by atoms with E-state index in [1.54, 1.807) is 0 Å². The number of hydrogen-bond donors (Lipinski definition) is 1. The van der Waals surface area contributed by atoms with E-state index in [0.29, 0.717) is 0 Å². The van der Waals surface area contributed by atoms with Crippen molar-refractivity contribution in [1.29, 1.82) is 0 Å². The SMILES string of the molecule is NCCC(F)(F)CC1CCCCC1. The minimum Gasteiger partial charge on any atom is -0.330 e. The molecular formula is C10H19F2N. The molecule has 0 amide bonds. The second-order valence-corrected chi connectivity index (χ2v) is 4.10. The Balaban J connectivity index is 2.28. The van der Waals surface area contributed by atoms with E-state index >= 15 is 0 Å². The molecule has 3 heteroatoms. The van der Waals surface area contributed by atoms with E-state index in [9.17, 15) is 8.78 Å². The molecular weight excluding hydrogens is 172 g/mol. The number of nitrogens with two attached hydrogens (primary N) is 1. The molecule has 1 nitrogen and oxygen atoms in total. The normalized spacial score (nSPS) is 20.5. The average Bonchev–Trinajstić information content (AvgIpc) is 2.04. The van der Waals surface area contributed by atoms with Crippen LogP contribution in [0.2, 0.25) is 0 Å². The fourth-order valence-corrected chi connectivity index (χ4v) is 2.13. The van der Waals surface area contributed by atoms with Gasteiger partial charge < -0.3 is 5.73 Å². The minimum atomic E-state index is -2.52. The van der Waals surface area contributed by atoms with Crippen molar-refractivity contribution in [1.82, 2.24) is 0 Å². The second-order valence-electron chi connectivity index (χ2n) is 4.10. The molecule has 1 aliphatic carbocycles. The standard InChI is InChI=1S/C10H19F2N/c11-10(12,6-7-13)8-9-4-2-1-3-5-9/h9H,1-8,13H2. The van der Waals surface area contributed by atoms with Crippen molar-refractivity contribution >= 4 is 0 Å². The number of halogens is 2. The first-order valence-corrected chi connectivity index (χ1v) is 5.22. The van der Waals surface area contributed by atoms with Crippen LogP contribution in [-0.4, -0.2) is 12.5 Å². The lowest BCUT2D eigenvalue weighted by atomic mass is 9.84. The molecule has 0 bridgehead atoms. The van der Waals surface area contributed by atoms with Crippen LogP contribution in [0.15, 0.2) is 0 Å². The predicted molar refractivity (Wildman–Crippen MR) is 49.8 cm³/mol. The molecule has 0 aromatic rings. The van der Waals surface area contributed by atoms with Gasteiger partial charge in [0.05, 0.1) is 0 Å². The fourth-order valence-electron chi connectivity index (χ4n) is 2.13. The van der Waals surface area contributed by atoms with E-state index in [4.69, 9.17) is 5.73 Å². The monoisotopic (exact) mass is 191 g/mol. The van der Waals surface area contributed by atoms with Gasteiger partial charge in [0.2, 0.25) is 5.92 Å². The van der Waals surface area contributed by atoms with E-state index in [2.05, 4.69) is 0 Å². The van der Waals surface area contributed by atoms with Crippen molar-refractivity contribution in [2.75, 3.05) is 6.54 Å². The van der Waals surface area contributed by atoms with Gasteiger partial charge in [0, 0.05) is 12.8 Å². The Hall–Kier alpha value is -0.180. The van der Waals surface area contributed by atoms with Crippen molar-refractivity contribution in [3.05, 3.63) is 0 Å². The van der Waals surface area contributed by atoms with Crippen LogP contribution in [0.5, 0.6) is 0 Å². The molecule has 1 saturated carbocycles. The first kappa shape index (κ1) is 10.9. The van der Waals surface area contributed by atoms with Crippen LogP contribution in [0.1, 0.15) is 44.9 Å². The Morgan fingerprint density at radius 2 is 1.77 bits per heavy atom. The molecule has 0 atom stereocenters. The van der Waals surface area contributed by atoms with Gasteiger partial charge in [-0.1, -0.05) is 32.1 Å². The lowest BCUT2D eigenvalue weighted by molar-refractivity contribution is -0.0327. The van der Waals surface area contributed by atoms with Gasteiger partial charge in [0.1, 0.15) is 0 Å². The quantitative estimate of drug-likeness (QED) is 0.726. The highest BCUT2D eigenvalue weighted by Crippen LogP contribution is 2.34. The molecule has 78 valence electrons. The van der Waals surface area contributed by atoms with E-state index in [-0.39, 0.29) is 25.3 Å². The van der Waals surface area contributed by atoms with Crippen molar-refractivity contribution in [2.45, 2.75) is 50.9 Å². The van der Waals surface area contributed by atoms with E-state index in [1.807, 2.05) is 0 Å². The van der Waals surface area contributed by atoms with Crippen LogP contribution in [0.3, 0.4) is 0 Å². The lowest BCUT2D eigenvalue weighted by Gasteiger charge is -2.26. The van der Waals surface area contributed by atoms with Gasteiger partial charge in [0.25, 0.3) is 0 Å². The van der Waals surface area contributed by atoms with Gasteiger partial charge in [-0.05, 0) is 12.5 Å². The molecule has 0 unspecified atom stereocenters. The Labute approximate surface area is 78.7 Å². The maximum atomic E-state index is 13.1. The zero-order valence-electron chi connectivity index (χ0n) is 8.07. The largest absolute Gasteiger partial charge is 0.330 e. The maximum Gasteiger partial charge on any atom is 0.249 e. The van der Waals surface area contributed by atoms with Crippen LogP contribution in [-0.2, 0) is 0 Å². The second kappa shape index (κ2) is 4.89. The molecule has 0 aromatic heterocycles.